The minimum atomic E-state index is -0.256. The van der Waals surface area contributed by atoms with E-state index in [1.54, 1.807) is 6.92 Å². The molecular weight excluding hydrogens is 366 g/mol. The molecule has 1 aromatic heterocycles. The molecule has 29 heavy (non-hydrogen) atoms. The molecule has 6 nitrogen and oxygen atoms in total. The van der Waals surface area contributed by atoms with E-state index in [2.05, 4.69) is 14.8 Å². The molecule has 1 aliphatic heterocycles. The number of carbonyl (C=O) groups excluding carboxylic acids is 3. The van der Waals surface area contributed by atoms with Gasteiger partial charge < -0.3 is 9.88 Å². The Bertz CT molecular complexity index is 935. The maximum atomic E-state index is 13.1. The summed E-state index contributed by atoms with van der Waals surface area (Å²) in [6, 6.07) is 7.43. The standard InChI is InChI=1S/C23H29N3O3/c1-14-21(18(5)28)15(2)24-22(14)23(29)16(3)25-10-12-26(13-11-25)20-8-6-19(7-9-20)17(4)27/h6-9,16,24H,10-13H2,1-5H3. The van der Waals surface area contributed by atoms with E-state index in [1.807, 2.05) is 45.0 Å². The first-order valence-electron chi connectivity index (χ1n) is 10.0. The lowest BCUT2D eigenvalue weighted by Gasteiger charge is -2.38. The Morgan fingerprint density at radius 3 is 2.00 bits per heavy atom. The van der Waals surface area contributed by atoms with E-state index < -0.39 is 0 Å². The van der Waals surface area contributed by atoms with Gasteiger partial charge in [0, 0.05) is 48.7 Å². The molecule has 0 radical (unpaired) electrons. The predicted molar refractivity (Wildman–Crippen MR) is 114 cm³/mol. The first kappa shape index (κ1) is 21.0. The molecule has 1 atom stereocenters. The van der Waals surface area contributed by atoms with Crippen LogP contribution in [0.2, 0.25) is 0 Å². The van der Waals surface area contributed by atoms with Crippen LogP contribution in [0.15, 0.2) is 24.3 Å². The summed E-state index contributed by atoms with van der Waals surface area (Å²) in [7, 11) is 0. The van der Waals surface area contributed by atoms with Gasteiger partial charge in [0.25, 0.3) is 0 Å². The highest BCUT2D eigenvalue weighted by Crippen LogP contribution is 2.23. The van der Waals surface area contributed by atoms with Crippen molar-refractivity contribution in [3.05, 3.63) is 52.3 Å². The fraction of sp³-hybridized carbons (Fsp3) is 0.435. The van der Waals surface area contributed by atoms with Crippen molar-refractivity contribution in [2.24, 2.45) is 0 Å². The lowest BCUT2D eigenvalue weighted by Crippen LogP contribution is -2.51. The molecule has 0 spiro atoms. The minimum Gasteiger partial charge on any atom is -0.369 e. The van der Waals surface area contributed by atoms with Gasteiger partial charge in [0.05, 0.1) is 11.7 Å². The molecule has 1 aromatic carbocycles. The van der Waals surface area contributed by atoms with E-state index in [0.717, 1.165) is 43.1 Å². The number of nitrogens with zero attached hydrogens (tertiary/aromatic N) is 2. The number of aryl methyl sites for hydroxylation is 1. The SMILES string of the molecule is CC(=O)c1ccc(N2CCN(C(C)C(=O)c3[nH]c(C)c(C(C)=O)c3C)CC2)cc1. The highest BCUT2D eigenvalue weighted by atomic mass is 16.1. The molecule has 0 saturated carbocycles. The van der Waals surface area contributed by atoms with Gasteiger partial charge in [-0.1, -0.05) is 0 Å². The van der Waals surface area contributed by atoms with E-state index in [4.69, 9.17) is 0 Å². The zero-order valence-corrected chi connectivity index (χ0v) is 17.8. The van der Waals surface area contributed by atoms with E-state index in [0.29, 0.717) is 16.8 Å². The highest BCUT2D eigenvalue weighted by molar-refractivity contribution is 6.05. The Morgan fingerprint density at radius 1 is 0.931 bits per heavy atom. The average Bonchev–Trinajstić information content (AvgIpc) is 3.01. The van der Waals surface area contributed by atoms with Gasteiger partial charge in [-0.2, -0.15) is 0 Å². The number of Topliss-reactive ketones (excluding diaryl/α,β-unsaturated/α-hetero) is 3. The quantitative estimate of drug-likeness (QED) is 0.759. The average molecular weight is 396 g/mol. The number of ketones is 3. The molecule has 6 heteroatoms. The summed E-state index contributed by atoms with van der Waals surface area (Å²) in [5.41, 5.74) is 4.48. The number of hydrogen-bond donors (Lipinski definition) is 1. The maximum absolute atomic E-state index is 13.1. The van der Waals surface area contributed by atoms with Crippen LogP contribution in [0.25, 0.3) is 0 Å². The van der Waals surface area contributed by atoms with Crippen molar-refractivity contribution in [1.82, 2.24) is 9.88 Å². The largest absolute Gasteiger partial charge is 0.369 e. The number of aromatic nitrogens is 1. The second-order valence-corrected chi connectivity index (χ2v) is 7.85. The Hall–Kier alpha value is -2.73. The maximum Gasteiger partial charge on any atom is 0.196 e. The number of nitrogens with one attached hydrogen (secondary N) is 1. The number of carbonyl (C=O) groups is 3. The molecular formula is C23H29N3O3. The van der Waals surface area contributed by atoms with Crippen molar-refractivity contribution >= 4 is 23.0 Å². The van der Waals surface area contributed by atoms with E-state index in [-0.39, 0.29) is 23.4 Å². The first-order chi connectivity index (χ1) is 13.7. The van der Waals surface area contributed by atoms with Gasteiger partial charge in [-0.15, -0.1) is 0 Å². The summed E-state index contributed by atoms with van der Waals surface area (Å²) in [6.45, 7) is 11.9. The van der Waals surface area contributed by atoms with Crippen molar-refractivity contribution in [2.45, 2.75) is 40.7 Å². The molecule has 1 aliphatic rings. The van der Waals surface area contributed by atoms with Crippen LogP contribution < -0.4 is 4.90 Å². The van der Waals surface area contributed by atoms with Gasteiger partial charge in [0.2, 0.25) is 0 Å². The third-order valence-electron chi connectivity index (χ3n) is 5.92. The third-order valence-corrected chi connectivity index (χ3v) is 5.92. The van der Waals surface area contributed by atoms with Crippen LogP contribution in [0.3, 0.4) is 0 Å². The Kier molecular flexibility index (Phi) is 6.03. The van der Waals surface area contributed by atoms with Crippen molar-refractivity contribution in [3.8, 4) is 0 Å². The molecule has 3 rings (SSSR count). The number of hydrogen-bond acceptors (Lipinski definition) is 5. The number of anilines is 1. The second-order valence-electron chi connectivity index (χ2n) is 7.85. The van der Waals surface area contributed by atoms with Gasteiger partial charge in [0.15, 0.2) is 17.3 Å². The molecule has 0 aliphatic carbocycles. The van der Waals surface area contributed by atoms with Crippen molar-refractivity contribution in [3.63, 3.8) is 0 Å². The van der Waals surface area contributed by atoms with Gasteiger partial charge in [0.1, 0.15) is 0 Å². The summed E-state index contributed by atoms with van der Waals surface area (Å²) < 4.78 is 0. The van der Waals surface area contributed by atoms with Crippen LogP contribution in [0, 0.1) is 13.8 Å². The summed E-state index contributed by atoms with van der Waals surface area (Å²) in [4.78, 5) is 44.0. The Balaban J connectivity index is 1.66. The molecule has 2 heterocycles. The summed E-state index contributed by atoms with van der Waals surface area (Å²) in [6.07, 6.45) is 0. The van der Waals surface area contributed by atoms with Crippen molar-refractivity contribution in [1.29, 1.82) is 0 Å². The van der Waals surface area contributed by atoms with Gasteiger partial charge in [-0.25, -0.2) is 0 Å². The topological polar surface area (TPSA) is 73.5 Å². The predicted octanol–water partition coefficient (Wildman–Crippen LogP) is 3.43. The van der Waals surface area contributed by atoms with E-state index in [1.165, 1.54) is 6.92 Å². The molecule has 0 amide bonds. The zero-order valence-electron chi connectivity index (χ0n) is 17.8. The van der Waals surface area contributed by atoms with Crippen LogP contribution in [0.5, 0.6) is 0 Å². The molecule has 1 unspecified atom stereocenters. The smallest absolute Gasteiger partial charge is 0.196 e. The molecule has 0 bridgehead atoms. The lowest BCUT2D eigenvalue weighted by atomic mass is 10.0. The molecule has 1 fully saturated rings. The molecule has 1 N–H and O–H groups in total. The Labute approximate surface area is 171 Å². The fourth-order valence-corrected chi connectivity index (χ4v) is 4.17. The fourth-order valence-electron chi connectivity index (χ4n) is 4.17. The second kappa shape index (κ2) is 8.33. The zero-order chi connectivity index (χ0) is 21.3. The van der Waals surface area contributed by atoms with Crippen molar-refractivity contribution in [2.75, 3.05) is 31.1 Å². The van der Waals surface area contributed by atoms with Crippen LogP contribution in [0.4, 0.5) is 5.69 Å². The normalized spacial score (nSPS) is 16.0. The minimum absolute atomic E-state index is 0.0210. The third kappa shape index (κ3) is 4.17. The number of H-pyrrole nitrogens is 1. The molecule has 1 saturated heterocycles. The number of benzene rings is 1. The van der Waals surface area contributed by atoms with Crippen molar-refractivity contribution < 1.29 is 14.4 Å². The van der Waals surface area contributed by atoms with Crippen LogP contribution in [-0.4, -0.2) is 59.5 Å². The summed E-state index contributed by atoms with van der Waals surface area (Å²) >= 11 is 0. The van der Waals surface area contributed by atoms with Gasteiger partial charge >= 0.3 is 0 Å². The highest BCUT2D eigenvalue weighted by Gasteiger charge is 2.29. The number of piperazine rings is 1. The summed E-state index contributed by atoms with van der Waals surface area (Å²) in [5.74, 6) is 0.0706. The number of rotatable bonds is 6. The van der Waals surface area contributed by atoms with Crippen LogP contribution >= 0.6 is 0 Å². The molecule has 154 valence electrons. The number of aromatic amines is 1. The van der Waals surface area contributed by atoms with Crippen LogP contribution in [-0.2, 0) is 0 Å². The Morgan fingerprint density at radius 2 is 1.52 bits per heavy atom. The van der Waals surface area contributed by atoms with E-state index in [9.17, 15) is 14.4 Å². The van der Waals surface area contributed by atoms with E-state index >= 15 is 0 Å². The molecule has 2 aromatic rings. The van der Waals surface area contributed by atoms with Gasteiger partial charge in [-0.3, -0.25) is 19.3 Å². The van der Waals surface area contributed by atoms with Gasteiger partial charge in [-0.05, 0) is 64.4 Å². The monoisotopic (exact) mass is 395 g/mol. The van der Waals surface area contributed by atoms with Crippen LogP contribution in [0.1, 0.15) is 63.2 Å². The first-order valence-corrected chi connectivity index (χ1v) is 10.0. The lowest BCUT2D eigenvalue weighted by molar-refractivity contribution is 0.0824. The summed E-state index contributed by atoms with van der Waals surface area (Å²) in [5, 5.41) is 0.